The van der Waals surface area contributed by atoms with Crippen LogP contribution in [-0.4, -0.2) is 43.3 Å². The molecule has 0 amide bonds. The summed E-state index contributed by atoms with van der Waals surface area (Å²) in [6, 6.07) is 3.84. The van der Waals surface area contributed by atoms with Crippen LogP contribution in [0.25, 0.3) is 0 Å². The molecule has 0 saturated carbocycles. The van der Waals surface area contributed by atoms with Crippen LogP contribution in [0.1, 0.15) is 73.6 Å². The summed E-state index contributed by atoms with van der Waals surface area (Å²) in [5, 5.41) is 0. The molecule has 0 spiro atoms. The Kier molecular flexibility index (Phi) is 14.2. The second-order valence-electron chi connectivity index (χ2n) is 12.0. The van der Waals surface area contributed by atoms with Crippen molar-refractivity contribution in [3.05, 3.63) is 0 Å². The van der Waals surface area contributed by atoms with E-state index in [1.54, 1.807) is 0 Å². The summed E-state index contributed by atoms with van der Waals surface area (Å²) < 4.78 is 18.8. The molecule has 3 nitrogen and oxygen atoms in total. The Morgan fingerprint density at radius 2 is 0.767 bits per heavy atom. The second-order valence-corrected chi connectivity index (χ2v) is 24.7. The van der Waals surface area contributed by atoms with Crippen LogP contribution >= 0.6 is 0 Å². The minimum Gasteiger partial charge on any atom is -0.415 e. The summed E-state index contributed by atoms with van der Waals surface area (Å²) in [7, 11) is -4.60. The van der Waals surface area contributed by atoms with Crippen LogP contribution in [0.2, 0.25) is 57.4 Å². The van der Waals surface area contributed by atoms with Gasteiger partial charge in [0.25, 0.3) is 0 Å². The van der Waals surface area contributed by atoms with E-state index in [-0.39, 0.29) is 0 Å². The maximum atomic E-state index is 6.31. The average Bonchev–Trinajstić information content (AvgIpc) is 2.47. The van der Waals surface area contributed by atoms with E-state index in [1.807, 2.05) is 0 Å². The number of hydrogen-bond donors (Lipinski definition) is 0. The maximum absolute atomic E-state index is 6.31. The smallest absolute Gasteiger partial charge is 0.187 e. The van der Waals surface area contributed by atoms with Crippen LogP contribution in [0, 0.1) is 5.92 Å². The van der Waals surface area contributed by atoms with Gasteiger partial charge in [0.2, 0.25) is 0 Å². The first-order valence-corrected chi connectivity index (χ1v) is 21.9. The van der Waals surface area contributed by atoms with Crippen molar-refractivity contribution in [3.8, 4) is 0 Å². The zero-order chi connectivity index (χ0) is 23.6. The van der Waals surface area contributed by atoms with Gasteiger partial charge in [0.05, 0.1) is 0 Å². The highest BCUT2D eigenvalue weighted by molar-refractivity contribution is 6.71. The first kappa shape index (κ1) is 30.5. The lowest BCUT2D eigenvalue weighted by molar-refractivity contribution is 0.226. The second kappa shape index (κ2) is 13.9. The zero-order valence-electron chi connectivity index (χ0n) is 22.7. The summed E-state index contributed by atoms with van der Waals surface area (Å²) in [4.78, 5) is 0. The minimum absolute atomic E-state index is 0.352. The van der Waals surface area contributed by atoms with Crippen LogP contribution in [-0.2, 0) is 13.3 Å². The molecule has 0 rings (SSSR count). The van der Waals surface area contributed by atoms with Gasteiger partial charge in [0.1, 0.15) is 0 Å². The molecule has 0 aliphatic carbocycles. The normalized spacial score (nSPS) is 14.0. The monoisotopic (exact) mass is 476 g/mol. The van der Waals surface area contributed by atoms with Gasteiger partial charge in [-0.1, -0.05) is 32.1 Å². The van der Waals surface area contributed by atoms with Gasteiger partial charge in [-0.2, -0.15) is 0 Å². The van der Waals surface area contributed by atoms with Gasteiger partial charge in [-0.05, 0) is 105 Å². The van der Waals surface area contributed by atoms with Gasteiger partial charge in [0, 0.05) is 18.3 Å². The third kappa shape index (κ3) is 17.1. The predicted molar refractivity (Wildman–Crippen MR) is 142 cm³/mol. The van der Waals surface area contributed by atoms with E-state index in [9.17, 15) is 0 Å². The van der Waals surface area contributed by atoms with E-state index < -0.39 is 25.0 Å². The molecular formula is C24H56O3Si3. The highest BCUT2D eigenvalue weighted by Gasteiger charge is 2.28. The summed E-state index contributed by atoms with van der Waals surface area (Å²) in [5.74, 6) is 0.820. The van der Waals surface area contributed by atoms with E-state index in [0.29, 0.717) is 18.3 Å². The molecule has 0 bridgehead atoms. The van der Waals surface area contributed by atoms with Crippen molar-refractivity contribution < 1.29 is 13.3 Å². The standard InChI is InChI=1S/C24H56O3Si3/c1-21(2)25-28(7,8)18-13-15-24(17-20-30(11,12)27-23(5)6)16-14-19-29(9,10)26-22(3)4/h21-24H,13-20H2,1-12H3. The highest BCUT2D eigenvalue weighted by Crippen LogP contribution is 2.30. The fourth-order valence-electron chi connectivity index (χ4n) is 4.71. The largest absolute Gasteiger partial charge is 0.415 e. The molecule has 0 N–H and O–H groups in total. The fourth-order valence-corrected chi connectivity index (χ4v) is 12.1. The lowest BCUT2D eigenvalue weighted by Crippen LogP contribution is -2.34. The molecule has 0 atom stereocenters. The van der Waals surface area contributed by atoms with Crippen molar-refractivity contribution in [2.45, 2.75) is 149 Å². The molecule has 0 fully saturated rings. The molecule has 0 unspecified atom stereocenters. The van der Waals surface area contributed by atoms with E-state index >= 15 is 0 Å². The quantitative estimate of drug-likeness (QED) is 0.197. The molecule has 0 radical (unpaired) electrons. The van der Waals surface area contributed by atoms with Crippen molar-refractivity contribution >= 4 is 25.0 Å². The van der Waals surface area contributed by atoms with Gasteiger partial charge in [-0.15, -0.1) is 0 Å². The van der Waals surface area contributed by atoms with E-state index in [1.165, 1.54) is 50.2 Å². The molecule has 30 heavy (non-hydrogen) atoms. The van der Waals surface area contributed by atoms with Crippen LogP contribution in [0.5, 0.6) is 0 Å². The van der Waals surface area contributed by atoms with Crippen LogP contribution in [0.3, 0.4) is 0 Å². The Bertz CT molecular complexity index is 421. The Balaban J connectivity index is 4.75. The average molecular weight is 477 g/mol. The van der Waals surface area contributed by atoms with Crippen molar-refractivity contribution in [2.24, 2.45) is 5.92 Å². The first-order chi connectivity index (χ1) is 13.5. The molecule has 6 heteroatoms. The van der Waals surface area contributed by atoms with Gasteiger partial charge < -0.3 is 13.3 Å². The molecule has 0 aliphatic rings. The van der Waals surface area contributed by atoms with E-state index in [4.69, 9.17) is 13.3 Å². The maximum Gasteiger partial charge on any atom is 0.187 e. The molecule has 0 aromatic heterocycles. The molecule has 182 valence electrons. The van der Waals surface area contributed by atoms with Gasteiger partial charge in [-0.3, -0.25) is 0 Å². The Labute approximate surface area is 193 Å². The van der Waals surface area contributed by atoms with Crippen LogP contribution in [0.4, 0.5) is 0 Å². The zero-order valence-corrected chi connectivity index (χ0v) is 25.7. The van der Waals surface area contributed by atoms with Crippen molar-refractivity contribution in [2.75, 3.05) is 0 Å². The Hall–Kier alpha value is 0.531. The molecule has 0 aromatic rings. The topological polar surface area (TPSA) is 27.7 Å². The summed E-state index contributed by atoms with van der Waals surface area (Å²) in [6.45, 7) is 27.3. The first-order valence-electron chi connectivity index (χ1n) is 12.6. The highest BCUT2D eigenvalue weighted by atomic mass is 28.4. The van der Waals surface area contributed by atoms with Crippen molar-refractivity contribution in [1.82, 2.24) is 0 Å². The molecule has 0 saturated heterocycles. The summed E-state index contributed by atoms with van der Waals surface area (Å²) in [5.41, 5.74) is 0. The SMILES string of the molecule is CC(C)O[Si](C)(C)CCCC(CCC[Si](C)(C)OC(C)C)CC[Si](C)(C)OC(C)C. The molecule has 0 aliphatic heterocycles. The molecular weight excluding hydrogens is 421 g/mol. The Morgan fingerprint density at radius 1 is 0.467 bits per heavy atom. The van der Waals surface area contributed by atoms with Gasteiger partial charge >= 0.3 is 0 Å². The van der Waals surface area contributed by atoms with Crippen LogP contribution in [0.15, 0.2) is 0 Å². The van der Waals surface area contributed by atoms with E-state index in [0.717, 1.165) is 5.92 Å². The third-order valence-corrected chi connectivity index (χ3v) is 13.5. The molecule has 0 aromatic carbocycles. The van der Waals surface area contributed by atoms with Crippen LogP contribution < -0.4 is 0 Å². The number of hydrogen-bond acceptors (Lipinski definition) is 3. The van der Waals surface area contributed by atoms with E-state index in [2.05, 4.69) is 80.8 Å². The lowest BCUT2D eigenvalue weighted by atomic mass is 9.96. The fraction of sp³-hybridized carbons (Fsp3) is 1.00. The van der Waals surface area contributed by atoms with Gasteiger partial charge in [-0.25, -0.2) is 0 Å². The van der Waals surface area contributed by atoms with Crippen molar-refractivity contribution in [1.29, 1.82) is 0 Å². The predicted octanol–water partition coefficient (Wildman–Crippen LogP) is 8.44. The molecule has 0 heterocycles. The van der Waals surface area contributed by atoms with Crippen molar-refractivity contribution in [3.63, 3.8) is 0 Å². The van der Waals surface area contributed by atoms with Gasteiger partial charge in [0.15, 0.2) is 25.0 Å². The lowest BCUT2D eigenvalue weighted by Gasteiger charge is -2.30. The number of rotatable bonds is 17. The summed E-state index contributed by atoms with van der Waals surface area (Å²) in [6.07, 6.45) is 7.70. The third-order valence-electron chi connectivity index (χ3n) is 5.60. The Morgan fingerprint density at radius 3 is 1.07 bits per heavy atom. The minimum atomic E-state index is -1.56. The summed E-state index contributed by atoms with van der Waals surface area (Å²) >= 11 is 0.